The molecule has 0 spiro atoms. The van der Waals surface area contributed by atoms with E-state index in [4.69, 9.17) is 10.5 Å². The normalized spacial score (nSPS) is 10.2. The summed E-state index contributed by atoms with van der Waals surface area (Å²) in [4.78, 5) is 14.5. The molecule has 84 valence electrons. The fourth-order valence-corrected chi connectivity index (χ4v) is 1.55. The quantitative estimate of drug-likeness (QED) is 0.644. The minimum Gasteiger partial charge on any atom is -0.370 e. The average Bonchev–Trinajstić information content (AvgIpc) is 2.65. The Hall–Kier alpha value is -1.21. The first-order valence-electron chi connectivity index (χ1n) is 4.65. The Morgan fingerprint density at radius 1 is 1.67 bits per heavy atom. The Labute approximate surface area is 92.0 Å². The van der Waals surface area contributed by atoms with E-state index in [1.54, 1.807) is 0 Å². The fraction of sp³-hybridized carbons (Fsp3) is 0.625. The van der Waals surface area contributed by atoms with Gasteiger partial charge in [-0.3, -0.25) is 4.79 Å². The molecule has 6 nitrogen and oxygen atoms in total. The van der Waals surface area contributed by atoms with Crippen molar-refractivity contribution in [1.29, 1.82) is 0 Å². The van der Waals surface area contributed by atoms with Crippen LogP contribution in [0.5, 0.6) is 0 Å². The van der Waals surface area contributed by atoms with Gasteiger partial charge in [0.15, 0.2) is 0 Å². The van der Waals surface area contributed by atoms with Crippen molar-refractivity contribution in [2.24, 2.45) is 5.73 Å². The van der Waals surface area contributed by atoms with Crippen molar-refractivity contribution < 1.29 is 9.53 Å². The first-order chi connectivity index (χ1) is 7.22. The van der Waals surface area contributed by atoms with Crippen LogP contribution in [0, 0.1) is 0 Å². The summed E-state index contributed by atoms with van der Waals surface area (Å²) >= 11 is 1.32. The highest BCUT2D eigenvalue weighted by Crippen LogP contribution is 2.10. The van der Waals surface area contributed by atoms with Crippen LogP contribution in [-0.2, 0) is 16.0 Å². The van der Waals surface area contributed by atoms with Crippen molar-refractivity contribution in [3.8, 4) is 0 Å². The van der Waals surface area contributed by atoms with Crippen molar-refractivity contribution in [1.82, 2.24) is 9.36 Å². The Morgan fingerprint density at radius 2 is 2.47 bits per heavy atom. The highest BCUT2D eigenvalue weighted by Gasteiger charge is 2.00. The molecule has 0 bridgehead atoms. The van der Waals surface area contributed by atoms with Gasteiger partial charge >= 0.3 is 0 Å². The number of anilines is 1. The van der Waals surface area contributed by atoms with E-state index in [1.165, 1.54) is 11.5 Å². The number of nitrogens with two attached hydrogens (primary N) is 1. The van der Waals surface area contributed by atoms with Crippen LogP contribution >= 0.6 is 11.5 Å². The average molecular weight is 230 g/mol. The fourth-order valence-electron chi connectivity index (χ4n) is 0.872. The van der Waals surface area contributed by atoms with Crippen molar-refractivity contribution in [2.75, 3.05) is 25.1 Å². The molecule has 0 atom stereocenters. The molecule has 7 heteroatoms. The summed E-state index contributed by atoms with van der Waals surface area (Å²) in [7, 11) is 0. The van der Waals surface area contributed by atoms with Crippen molar-refractivity contribution >= 4 is 22.6 Å². The molecule has 0 saturated heterocycles. The van der Waals surface area contributed by atoms with E-state index >= 15 is 0 Å². The molecule has 0 unspecified atom stereocenters. The summed E-state index contributed by atoms with van der Waals surface area (Å²) in [6, 6.07) is 0. The lowest BCUT2D eigenvalue weighted by atomic mass is 10.5. The van der Waals surface area contributed by atoms with Crippen LogP contribution in [0.3, 0.4) is 0 Å². The summed E-state index contributed by atoms with van der Waals surface area (Å²) in [6.07, 6.45) is 0.830. The van der Waals surface area contributed by atoms with E-state index in [1.807, 2.05) is 6.92 Å². The number of amides is 1. The maximum absolute atomic E-state index is 10.3. The topological polar surface area (TPSA) is 90.1 Å². The van der Waals surface area contributed by atoms with Gasteiger partial charge in [0.1, 0.15) is 12.4 Å². The molecule has 0 aromatic carbocycles. The molecule has 0 saturated carbocycles. The summed E-state index contributed by atoms with van der Waals surface area (Å²) in [5.74, 6) is 0.375. The van der Waals surface area contributed by atoms with Gasteiger partial charge in [-0.25, -0.2) is 4.98 Å². The summed E-state index contributed by atoms with van der Waals surface area (Å²) in [5, 5.41) is 3.81. The predicted molar refractivity (Wildman–Crippen MR) is 57.8 cm³/mol. The van der Waals surface area contributed by atoms with Gasteiger partial charge in [0, 0.05) is 24.5 Å². The van der Waals surface area contributed by atoms with Crippen molar-refractivity contribution in [3.63, 3.8) is 0 Å². The molecule has 1 amide bonds. The first kappa shape index (κ1) is 11.9. The molecule has 1 aromatic rings. The zero-order valence-corrected chi connectivity index (χ0v) is 9.34. The Bertz CT molecular complexity index is 315. The second kappa shape index (κ2) is 6.31. The largest absolute Gasteiger partial charge is 0.370 e. The SMILES string of the molecule is CCc1nsc(NCCOCC(N)=O)n1. The third kappa shape index (κ3) is 4.71. The minimum absolute atomic E-state index is 0.0436. The van der Waals surface area contributed by atoms with Gasteiger partial charge in [-0.2, -0.15) is 4.37 Å². The van der Waals surface area contributed by atoms with Gasteiger partial charge in [-0.05, 0) is 0 Å². The second-order valence-electron chi connectivity index (χ2n) is 2.81. The number of aromatic nitrogens is 2. The predicted octanol–water partition coefficient (Wildman–Crippen LogP) is 0.0143. The van der Waals surface area contributed by atoms with Gasteiger partial charge in [0.2, 0.25) is 11.0 Å². The molecule has 0 aliphatic rings. The number of aryl methyl sites for hydroxylation is 1. The van der Waals surface area contributed by atoms with Crippen molar-refractivity contribution in [3.05, 3.63) is 5.82 Å². The van der Waals surface area contributed by atoms with E-state index in [0.29, 0.717) is 13.2 Å². The van der Waals surface area contributed by atoms with Crippen LogP contribution in [0.25, 0.3) is 0 Å². The lowest BCUT2D eigenvalue weighted by molar-refractivity contribution is -0.122. The standard InChI is InChI=1S/C8H14N4O2S/c1-2-7-11-8(15-12-7)10-3-4-14-5-6(9)13/h2-5H2,1H3,(H2,9,13)(H,10,11,12). The number of nitrogens with zero attached hydrogens (tertiary/aromatic N) is 2. The number of primary amides is 1. The van der Waals surface area contributed by atoms with Gasteiger partial charge in [0.25, 0.3) is 0 Å². The van der Waals surface area contributed by atoms with E-state index in [9.17, 15) is 4.79 Å². The van der Waals surface area contributed by atoms with Crippen LogP contribution in [0.1, 0.15) is 12.7 Å². The van der Waals surface area contributed by atoms with Crippen LogP contribution < -0.4 is 11.1 Å². The maximum Gasteiger partial charge on any atom is 0.243 e. The number of hydrogen-bond acceptors (Lipinski definition) is 6. The number of rotatable bonds is 7. The summed E-state index contributed by atoms with van der Waals surface area (Å²) in [6.45, 7) is 2.97. The van der Waals surface area contributed by atoms with Gasteiger partial charge < -0.3 is 15.8 Å². The molecule has 0 aliphatic carbocycles. The van der Waals surface area contributed by atoms with E-state index in [2.05, 4.69) is 14.7 Å². The third-order valence-electron chi connectivity index (χ3n) is 1.55. The number of carbonyl (C=O) groups excluding carboxylic acids is 1. The second-order valence-corrected chi connectivity index (χ2v) is 3.57. The molecular formula is C8H14N4O2S. The summed E-state index contributed by atoms with van der Waals surface area (Å²) < 4.78 is 9.08. The Kier molecular flexibility index (Phi) is 4.99. The van der Waals surface area contributed by atoms with E-state index in [0.717, 1.165) is 17.4 Å². The summed E-state index contributed by atoms with van der Waals surface area (Å²) in [5.41, 5.74) is 4.90. The number of nitrogens with one attached hydrogen (secondary N) is 1. The molecule has 1 rings (SSSR count). The number of carbonyl (C=O) groups is 1. The van der Waals surface area contributed by atoms with Crippen LogP contribution in [0.15, 0.2) is 0 Å². The molecule has 1 aromatic heterocycles. The van der Waals surface area contributed by atoms with Crippen LogP contribution in [0.4, 0.5) is 5.13 Å². The Balaban J connectivity index is 2.12. The molecule has 0 aliphatic heterocycles. The van der Waals surface area contributed by atoms with Gasteiger partial charge in [0.05, 0.1) is 6.61 Å². The zero-order chi connectivity index (χ0) is 11.1. The molecule has 3 N–H and O–H groups in total. The highest BCUT2D eigenvalue weighted by atomic mass is 32.1. The van der Waals surface area contributed by atoms with Crippen LogP contribution in [0.2, 0.25) is 0 Å². The van der Waals surface area contributed by atoms with E-state index in [-0.39, 0.29) is 6.61 Å². The highest BCUT2D eigenvalue weighted by molar-refractivity contribution is 7.09. The minimum atomic E-state index is -0.459. The van der Waals surface area contributed by atoms with Gasteiger partial charge in [-0.15, -0.1) is 0 Å². The molecule has 15 heavy (non-hydrogen) atoms. The van der Waals surface area contributed by atoms with Crippen molar-refractivity contribution in [2.45, 2.75) is 13.3 Å². The molecular weight excluding hydrogens is 216 g/mol. The monoisotopic (exact) mass is 230 g/mol. The molecule has 1 heterocycles. The smallest absolute Gasteiger partial charge is 0.243 e. The third-order valence-corrected chi connectivity index (χ3v) is 2.26. The number of hydrogen-bond donors (Lipinski definition) is 2. The van der Waals surface area contributed by atoms with Crippen LogP contribution in [-0.4, -0.2) is 35.0 Å². The zero-order valence-electron chi connectivity index (χ0n) is 8.52. The maximum atomic E-state index is 10.3. The Morgan fingerprint density at radius 3 is 3.07 bits per heavy atom. The number of ether oxygens (including phenoxy) is 1. The lowest BCUT2D eigenvalue weighted by Gasteiger charge is -2.01. The lowest BCUT2D eigenvalue weighted by Crippen LogP contribution is -2.20. The van der Waals surface area contributed by atoms with E-state index < -0.39 is 5.91 Å². The first-order valence-corrected chi connectivity index (χ1v) is 5.42. The molecule has 0 fully saturated rings. The molecule has 0 radical (unpaired) electrons. The van der Waals surface area contributed by atoms with Gasteiger partial charge in [-0.1, -0.05) is 6.92 Å².